The number of carbonyl (C=O) groups is 1. The molecule has 0 aliphatic carbocycles. The van der Waals surface area contributed by atoms with Crippen LogP contribution in [0.4, 0.5) is 0 Å². The zero-order valence-corrected chi connectivity index (χ0v) is 4.63. The Morgan fingerprint density at radius 1 is 1.62 bits per heavy atom. The first-order valence-electron chi connectivity index (χ1n) is 2.42. The normalized spacial score (nSPS) is 10.0. The van der Waals surface area contributed by atoms with Crippen LogP contribution in [-0.4, -0.2) is 5.91 Å². The predicted octanol–water partition coefficient (Wildman–Crippen LogP) is -0.276. The van der Waals surface area contributed by atoms with Gasteiger partial charge in [0.1, 0.15) is 0 Å². The molecular weight excluding hydrogens is 104 g/mol. The number of nitrogens with two attached hydrogens (primary N) is 2. The molecule has 46 valence electrons. The summed E-state index contributed by atoms with van der Waals surface area (Å²) in [5.74, 6) is -0.289. The second-order valence-corrected chi connectivity index (χ2v) is 1.43. The number of hydrogen-bond acceptors (Lipinski definition) is 2. The van der Waals surface area contributed by atoms with Gasteiger partial charge in [-0.2, -0.15) is 0 Å². The van der Waals surface area contributed by atoms with Crippen LogP contribution in [0.5, 0.6) is 0 Å². The Morgan fingerprint density at radius 2 is 2.25 bits per heavy atom. The monoisotopic (exact) mass is 114 g/mol. The lowest BCUT2D eigenvalue weighted by Gasteiger charge is -1.84. The average Bonchev–Trinajstić information content (AvgIpc) is 1.66. The molecule has 0 saturated carbocycles. The molecule has 0 bridgehead atoms. The van der Waals surface area contributed by atoms with Crippen LogP contribution in [0.15, 0.2) is 12.3 Å². The summed E-state index contributed by atoms with van der Waals surface area (Å²) < 4.78 is 0. The van der Waals surface area contributed by atoms with E-state index in [1.165, 1.54) is 6.20 Å². The van der Waals surface area contributed by atoms with Crippen LogP contribution in [0.1, 0.15) is 12.8 Å². The highest BCUT2D eigenvalue weighted by molar-refractivity contribution is 5.73. The highest BCUT2D eigenvalue weighted by Crippen LogP contribution is 1.85. The van der Waals surface area contributed by atoms with Crippen molar-refractivity contribution >= 4 is 5.91 Å². The maximum absolute atomic E-state index is 10.0. The Balaban J connectivity index is 3.05. The van der Waals surface area contributed by atoms with E-state index in [-0.39, 0.29) is 5.91 Å². The highest BCUT2D eigenvalue weighted by Gasteiger charge is 1.87. The summed E-state index contributed by atoms with van der Waals surface area (Å²) in [6, 6.07) is 0. The van der Waals surface area contributed by atoms with Crippen LogP contribution in [-0.2, 0) is 4.79 Å². The molecule has 0 aliphatic rings. The molecular formula is C5H10N2O. The van der Waals surface area contributed by atoms with Crippen molar-refractivity contribution in [3.05, 3.63) is 12.3 Å². The zero-order chi connectivity index (χ0) is 6.41. The average molecular weight is 114 g/mol. The minimum atomic E-state index is -0.289. The second-order valence-electron chi connectivity index (χ2n) is 1.43. The van der Waals surface area contributed by atoms with Crippen molar-refractivity contribution in [2.75, 3.05) is 0 Å². The van der Waals surface area contributed by atoms with Gasteiger partial charge in [0.25, 0.3) is 0 Å². The largest absolute Gasteiger partial charge is 0.405 e. The summed E-state index contributed by atoms with van der Waals surface area (Å²) in [4.78, 5) is 10.0. The van der Waals surface area contributed by atoms with Crippen molar-refractivity contribution in [2.24, 2.45) is 11.5 Å². The molecule has 0 aliphatic heterocycles. The van der Waals surface area contributed by atoms with E-state index in [0.717, 1.165) is 0 Å². The molecule has 3 heteroatoms. The quantitative estimate of drug-likeness (QED) is 0.530. The van der Waals surface area contributed by atoms with Crippen LogP contribution < -0.4 is 11.5 Å². The lowest BCUT2D eigenvalue weighted by atomic mass is 10.3. The number of hydrogen-bond donors (Lipinski definition) is 2. The van der Waals surface area contributed by atoms with E-state index in [4.69, 9.17) is 11.5 Å². The minimum Gasteiger partial charge on any atom is -0.405 e. The second kappa shape index (κ2) is 4.18. The summed E-state index contributed by atoms with van der Waals surface area (Å²) in [5.41, 5.74) is 9.80. The van der Waals surface area contributed by atoms with Gasteiger partial charge >= 0.3 is 0 Å². The SMILES string of the molecule is NC=CCCC(N)=O. The third kappa shape index (κ3) is 5.01. The topological polar surface area (TPSA) is 69.1 Å². The third-order valence-electron chi connectivity index (χ3n) is 0.693. The summed E-state index contributed by atoms with van der Waals surface area (Å²) in [6.45, 7) is 0. The van der Waals surface area contributed by atoms with E-state index < -0.39 is 0 Å². The van der Waals surface area contributed by atoms with Gasteiger partial charge in [-0.3, -0.25) is 4.79 Å². The van der Waals surface area contributed by atoms with Gasteiger partial charge in [0.05, 0.1) is 0 Å². The molecule has 0 radical (unpaired) electrons. The molecule has 0 spiro atoms. The van der Waals surface area contributed by atoms with Gasteiger partial charge in [0, 0.05) is 6.42 Å². The van der Waals surface area contributed by atoms with Gasteiger partial charge < -0.3 is 11.5 Å². The minimum absolute atomic E-state index is 0.289. The van der Waals surface area contributed by atoms with Gasteiger partial charge in [-0.25, -0.2) is 0 Å². The zero-order valence-electron chi connectivity index (χ0n) is 4.63. The van der Waals surface area contributed by atoms with E-state index in [1.807, 2.05) is 0 Å². The van der Waals surface area contributed by atoms with E-state index in [1.54, 1.807) is 6.08 Å². The maximum atomic E-state index is 10.0. The predicted molar refractivity (Wildman–Crippen MR) is 31.8 cm³/mol. The van der Waals surface area contributed by atoms with Crippen LogP contribution in [0.3, 0.4) is 0 Å². The fourth-order valence-corrected chi connectivity index (χ4v) is 0.322. The van der Waals surface area contributed by atoms with Crippen LogP contribution in [0, 0.1) is 0 Å². The van der Waals surface area contributed by atoms with Crippen molar-refractivity contribution in [3.63, 3.8) is 0 Å². The van der Waals surface area contributed by atoms with Crippen molar-refractivity contribution in [2.45, 2.75) is 12.8 Å². The lowest BCUT2D eigenvalue weighted by Crippen LogP contribution is -2.08. The fourth-order valence-electron chi connectivity index (χ4n) is 0.322. The molecule has 4 N–H and O–H groups in total. The maximum Gasteiger partial charge on any atom is 0.217 e. The number of primary amides is 1. The van der Waals surface area contributed by atoms with Crippen molar-refractivity contribution in [1.29, 1.82) is 0 Å². The Morgan fingerprint density at radius 3 is 2.62 bits per heavy atom. The number of allylic oxidation sites excluding steroid dienone is 1. The van der Waals surface area contributed by atoms with E-state index in [2.05, 4.69) is 0 Å². The molecule has 0 unspecified atom stereocenters. The molecule has 0 aromatic rings. The molecule has 0 aromatic carbocycles. The van der Waals surface area contributed by atoms with E-state index >= 15 is 0 Å². The molecule has 1 amide bonds. The Labute approximate surface area is 48.4 Å². The first kappa shape index (κ1) is 7.01. The van der Waals surface area contributed by atoms with Gasteiger partial charge in [-0.05, 0) is 12.6 Å². The third-order valence-corrected chi connectivity index (χ3v) is 0.693. The number of carbonyl (C=O) groups excluding carboxylic acids is 1. The Kier molecular flexibility index (Phi) is 3.66. The summed E-state index contributed by atoms with van der Waals surface area (Å²) >= 11 is 0. The molecule has 3 nitrogen and oxygen atoms in total. The van der Waals surface area contributed by atoms with Crippen molar-refractivity contribution < 1.29 is 4.79 Å². The number of amides is 1. The van der Waals surface area contributed by atoms with Gasteiger partial charge in [0.2, 0.25) is 5.91 Å². The summed E-state index contributed by atoms with van der Waals surface area (Å²) in [6.07, 6.45) is 4.13. The fraction of sp³-hybridized carbons (Fsp3) is 0.400. The van der Waals surface area contributed by atoms with Gasteiger partial charge in [-0.15, -0.1) is 0 Å². The summed E-state index contributed by atoms with van der Waals surface area (Å²) in [7, 11) is 0. The van der Waals surface area contributed by atoms with Crippen molar-refractivity contribution in [1.82, 2.24) is 0 Å². The standard InChI is InChI=1S/C5H10N2O/c6-4-2-1-3-5(7)8/h2,4H,1,3,6H2,(H2,7,8). The first-order chi connectivity index (χ1) is 3.77. The lowest BCUT2D eigenvalue weighted by molar-refractivity contribution is -0.117. The highest BCUT2D eigenvalue weighted by atomic mass is 16.1. The van der Waals surface area contributed by atoms with Crippen LogP contribution in [0.25, 0.3) is 0 Å². The molecule has 0 aromatic heterocycles. The molecule has 0 atom stereocenters. The molecule has 0 rings (SSSR count). The van der Waals surface area contributed by atoms with Crippen molar-refractivity contribution in [3.8, 4) is 0 Å². The van der Waals surface area contributed by atoms with Crippen LogP contribution >= 0.6 is 0 Å². The number of rotatable bonds is 3. The first-order valence-corrected chi connectivity index (χ1v) is 2.42. The molecule has 0 saturated heterocycles. The van der Waals surface area contributed by atoms with Crippen LogP contribution in [0.2, 0.25) is 0 Å². The van der Waals surface area contributed by atoms with E-state index in [0.29, 0.717) is 12.8 Å². The summed E-state index contributed by atoms with van der Waals surface area (Å²) in [5, 5.41) is 0. The Bertz CT molecular complexity index is 98.6. The molecule has 0 fully saturated rings. The molecule has 8 heavy (non-hydrogen) atoms. The van der Waals surface area contributed by atoms with Gasteiger partial charge in [-0.1, -0.05) is 6.08 Å². The van der Waals surface area contributed by atoms with Gasteiger partial charge in [0.15, 0.2) is 0 Å². The Hall–Kier alpha value is -0.990. The molecule has 0 heterocycles. The smallest absolute Gasteiger partial charge is 0.217 e. The van der Waals surface area contributed by atoms with E-state index in [9.17, 15) is 4.79 Å².